The Morgan fingerprint density at radius 1 is 1.32 bits per heavy atom. The summed E-state index contributed by atoms with van der Waals surface area (Å²) in [6, 6.07) is -0.154. The van der Waals surface area contributed by atoms with Gasteiger partial charge in [-0.2, -0.15) is 0 Å². The van der Waals surface area contributed by atoms with Crippen LogP contribution in [-0.2, 0) is 11.8 Å². The third kappa shape index (κ3) is 3.14. The van der Waals surface area contributed by atoms with E-state index in [1.54, 1.807) is 12.4 Å². The van der Waals surface area contributed by atoms with E-state index in [2.05, 4.69) is 20.3 Å². The van der Waals surface area contributed by atoms with Gasteiger partial charge in [-0.05, 0) is 18.8 Å². The van der Waals surface area contributed by atoms with Gasteiger partial charge in [-0.3, -0.25) is 9.78 Å². The molecule has 7 heteroatoms. The number of nitrogens with one attached hydrogen (secondary N) is 1. The average molecular weight is 301 g/mol. The van der Waals surface area contributed by atoms with Gasteiger partial charge >= 0.3 is 0 Å². The zero-order chi connectivity index (χ0) is 15.4. The van der Waals surface area contributed by atoms with Crippen LogP contribution in [0, 0.1) is 5.92 Å². The van der Waals surface area contributed by atoms with Gasteiger partial charge in [0.15, 0.2) is 0 Å². The Bertz CT molecular complexity index is 622. The van der Waals surface area contributed by atoms with E-state index < -0.39 is 0 Å². The Hall–Kier alpha value is -2.28. The fourth-order valence-corrected chi connectivity index (χ4v) is 2.75. The molecule has 0 spiro atoms. The molecule has 7 nitrogen and oxygen atoms in total. The zero-order valence-electron chi connectivity index (χ0n) is 12.5. The minimum atomic E-state index is -0.229. The van der Waals surface area contributed by atoms with Crippen molar-refractivity contribution in [3.05, 3.63) is 42.5 Å². The number of hydrogen-bond acceptors (Lipinski definition) is 5. The van der Waals surface area contributed by atoms with Crippen molar-refractivity contribution >= 4 is 5.91 Å². The molecule has 0 aromatic carbocycles. The minimum absolute atomic E-state index is 0.154. The van der Waals surface area contributed by atoms with Crippen LogP contribution in [0.15, 0.2) is 31.0 Å². The minimum Gasteiger partial charge on any atom is -0.381 e. The lowest BCUT2D eigenvalue weighted by Gasteiger charge is -2.30. The molecule has 1 amide bonds. The molecule has 2 aromatic heterocycles. The summed E-state index contributed by atoms with van der Waals surface area (Å²) in [6.07, 6.45) is 9.96. The summed E-state index contributed by atoms with van der Waals surface area (Å²) in [5.74, 6) is 0.923. The SMILES string of the molecule is Cn1ccnc1[C@@H](NC(=O)c1cnccn1)C1CCOCC1. The van der Waals surface area contributed by atoms with E-state index in [9.17, 15) is 4.79 Å². The molecular weight excluding hydrogens is 282 g/mol. The van der Waals surface area contributed by atoms with E-state index in [4.69, 9.17) is 4.74 Å². The lowest BCUT2D eigenvalue weighted by Crippen LogP contribution is -2.37. The van der Waals surface area contributed by atoms with Crippen molar-refractivity contribution in [2.45, 2.75) is 18.9 Å². The van der Waals surface area contributed by atoms with Crippen molar-refractivity contribution in [1.29, 1.82) is 0 Å². The summed E-state index contributed by atoms with van der Waals surface area (Å²) >= 11 is 0. The number of hydrogen-bond donors (Lipinski definition) is 1. The molecule has 0 aliphatic carbocycles. The molecule has 0 radical (unpaired) electrons. The molecule has 2 aromatic rings. The van der Waals surface area contributed by atoms with E-state index in [0.29, 0.717) is 24.8 Å². The molecule has 1 saturated heterocycles. The van der Waals surface area contributed by atoms with Crippen LogP contribution in [0.4, 0.5) is 0 Å². The maximum absolute atomic E-state index is 12.4. The van der Waals surface area contributed by atoms with E-state index in [-0.39, 0.29) is 11.9 Å². The molecular formula is C15H19N5O2. The van der Waals surface area contributed by atoms with Crippen molar-refractivity contribution in [2.75, 3.05) is 13.2 Å². The summed E-state index contributed by atoms with van der Waals surface area (Å²) in [5.41, 5.74) is 0.314. The predicted molar refractivity (Wildman–Crippen MR) is 79.0 cm³/mol. The number of ether oxygens (including phenoxy) is 1. The fraction of sp³-hybridized carbons (Fsp3) is 0.467. The number of carbonyl (C=O) groups excluding carboxylic acids is 1. The second-order valence-electron chi connectivity index (χ2n) is 5.39. The molecule has 1 N–H and O–H groups in total. The van der Waals surface area contributed by atoms with Crippen molar-refractivity contribution < 1.29 is 9.53 Å². The van der Waals surface area contributed by atoms with Gasteiger partial charge in [0, 0.05) is 45.0 Å². The lowest BCUT2D eigenvalue weighted by atomic mass is 9.91. The first kappa shape index (κ1) is 14.6. The lowest BCUT2D eigenvalue weighted by molar-refractivity contribution is 0.0498. The Morgan fingerprint density at radius 2 is 2.14 bits per heavy atom. The van der Waals surface area contributed by atoms with Crippen LogP contribution in [0.25, 0.3) is 0 Å². The van der Waals surface area contributed by atoms with Gasteiger partial charge in [0.1, 0.15) is 11.5 Å². The van der Waals surface area contributed by atoms with Gasteiger partial charge in [0.25, 0.3) is 5.91 Å². The number of nitrogens with zero attached hydrogens (tertiary/aromatic N) is 4. The second kappa shape index (κ2) is 6.65. The number of aromatic nitrogens is 4. The number of rotatable bonds is 4. The van der Waals surface area contributed by atoms with Crippen molar-refractivity contribution in [2.24, 2.45) is 13.0 Å². The summed E-state index contributed by atoms with van der Waals surface area (Å²) in [5, 5.41) is 3.07. The summed E-state index contributed by atoms with van der Waals surface area (Å²) < 4.78 is 7.37. The highest BCUT2D eigenvalue weighted by Gasteiger charge is 2.30. The van der Waals surface area contributed by atoms with Crippen molar-refractivity contribution in [1.82, 2.24) is 24.8 Å². The molecule has 0 saturated carbocycles. The first-order chi connectivity index (χ1) is 10.8. The van der Waals surface area contributed by atoms with Gasteiger partial charge in [-0.1, -0.05) is 0 Å². The van der Waals surface area contributed by atoms with Crippen LogP contribution >= 0.6 is 0 Å². The van der Waals surface area contributed by atoms with Gasteiger partial charge in [-0.15, -0.1) is 0 Å². The van der Waals surface area contributed by atoms with Crippen LogP contribution in [0.3, 0.4) is 0 Å². The van der Waals surface area contributed by atoms with Crippen LogP contribution in [-0.4, -0.2) is 38.6 Å². The first-order valence-electron chi connectivity index (χ1n) is 7.37. The normalized spacial score (nSPS) is 17.1. The fourth-order valence-electron chi connectivity index (χ4n) is 2.75. The zero-order valence-corrected chi connectivity index (χ0v) is 12.5. The van der Waals surface area contributed by atoms with Gasteiger partial charge < -0.3 is 14.6 Å². The maximum Gasteiger partial charge on any atom is 0.272 e. The standard InChI is InChI=1S/C15H19N5O2/c1-20-7-6-18-14(20)13(11-2-8-22-9-3-11)19-15(21)12-10-16-4-5-17-12/h4-7,10-11,13H,2-3,8-9H2,1H3,(H,19,21)/t13-/m0/s1. The largest absolute Gasteiger partial charge is 0.381 e. The van der Waals surface area contributed by atoms with Gasteiger partial charge in [-0.25, -0.2) is 9.97 Å². The highest BCUT2D eigenvalue weighted by atomic mass is 16.5. The van der Waals surface area contributed by atoms with Crippen molar-refractivity contribution in [3.8, 4) is 0 Å². The monoisotopic (exact) mass is 301 g/mol. The number of imidazole rings is 1. The summed E-state index contributed by atoms with van der Waals surface area (Å²) in [4.78, 5) is 24.8. The molecule has 1 aliphatic heterocycles. The topological polar surface area (TPSA) is 81.9 Å². The smallest absolute Gasteiger partial charge is 0.272 e. The Labute approximate surface area is 128 Å². The van der Waals surface area contributed by atoms with Gasteiger partial charge in [0.05, 0.1) is 12.2 Å². The molecule has 3 heterocycles. The molecule has 0 bridgehead atoms. The predicted octanol–water partition coefficient (Wildman–Crippen LogP) is 1.11. The molecule has 1 aliphatic rings. The third-order valence-corrected chi connectivity index (χ3v) is 3.96. The molecule has 3 rings (SSSR count). The Balaban J connectivity index is 1.82. The molecule has 1 atom stereocenters. The molecule has 1 fully saturated rings. The maximum atomic E-state index is 12.4. The molecule has 0 unspecified atom stereocenters. The quantitative estimate of drug-likeness (QED) is 0.914. The summed E-state index contributed by atoms with van der Waals surface area (Å²) in [7, 11) is 1.93. The van der Waals surface area contributed by atoms with E-state index in [1.807, 2.05) is 17.8 Å². The molecule has 116 valence electrons. The van der Waals surface area contributed by atoms with Crippen LogP contribution in [0.1, 0.15) is 35.2 Å². The summed E-state index contributed by atoms with van der Waals surface area (Å²) in [6.45, 7) is 1.43. The van der Waals surface area contributed by atoms with Crippen LogP contribution in [0.2, 0.25) is 0 Å². The van der Waals surface area contributed by atoms with E-state index in [1.165, 1.54) is 12.4 Å². The highest BCUT2D eigenvalue weighted by molar-refractivity contribution is 5.92. The van der Waals surface area contributed by atoms with Crippen LogP contribution < -0.4 is 5.32 Å². The third-order valence-electron chi connectivity index (χ3n) is 3.96. The average Bonchev–Trinajstić information content (AvgIpc) is 3.00. The van der Waals surface area contributed by atoms with Crippen LogP contribution in [0.5, 0.6) is 0 Å². The van der Waals surface area contributed by atoms with E-state index >= 15 is 0 Å². The Morgan fingerprint density at radius 3 is 2.77 bits per heavy atom. The highest BCUT2D eigenvalue weighted by Crippen LogP contribution is 2.29. The molecule has 22 heavy (non-hydrogen) atoms. The first-order valence-corrected chi connectivity index (χ1v) is 7.37. The number of carbonyl (C=O) groups is 1. The second-order valence-corrected chi connectivity index (χ2v) is 5.39. The van der Waals surface area contributed by atoms with E-state index in [0.717, 1.165) is 18.7 Å². The van der Waals surface area contributed by atoms with Gasteiger partial charge in [0.2, 0.25) is 0 Å². The van der Waals surface area contributed by atoms with Crippen molar-refractivity contribution in [3.63, 3.8) is 0 Å². The Kier molecular flexibility index (Phi) is 4.43. The number of amides is 1. The number of aryl methyl sites for hydroxylation is 1.